The molecule has 0 aliphatic heterocycles. The van der Waals surface area contributed by atoms with Crippen molar-refractivity contribution in [3.63, 3.8) is 0 Å². The number of hydrogen-bond donors (Lipinski definition) is 1. The van der Waals surface area contributed by atoms with E-state index in [4.69, 9.17) is 14.2 Å². The number of ether oxygens (including phenoxy) is 3. The van der Waals surface area contributed by atoms with Crippen molar-refractivity contribution in [3.05, 3.63) is 82.1 Å². The highest BCUT2D eigenvalue weighted by atomic mass is 79.9. The number of halogens is 1. The number of methoxy groups -OCH3 is 1. The number of carbonyl (C=O) groups is 1. The number of nitrogens with one attached hydrogen (secondary N) is 1. The van der Waals surface area contributed by atoms with E-state index in [0.29, 0.717) is 40.7 Å². The molecule has 0 spiro atoms. The zero-order valence-corrected chi connectivity index (χ0v) is 21.0. The molecule has 0 saturated carbocycles. The average Bonchev–Trinajstić information content (AvgIpc) is 2.87. The van der Waals surface area contributed by atoms with E-state index in [0.717, 1.165) is 17.7 Å². The second-order valence-corrected chi connectivity index (χ2v) is 8.37. The molecule has 1 heterocycles. The molecule has 2 aromatic carbocycles. The number of hydrazone groups is 1. The summed E-state index contributed by atoms with van der Waals surface area (Å²) in [4.78, 5) is 16.0. The van der Waals surface area contributed by atoms with E-state index in [1.165, 1.54) is 11.8 Å². The first-order valence-electron chi connectivity index (χ1n) is 11.0. The van der Waals surface area contributed by atoms with Crippen LogP contribution in [0.4, 0.5) is 0 Å². The Morgan fingerprint density at radius 1 is 1.12 bits per heavy atom. The third-order valence-corrected chi connectivity index (χ3v) is 5.81. The number of pyridine rings is 1. The topological polar surface area (TPSA) is 82.0 Å². The monoisotopic (exact) mass is 525 g/mol. The highest BCUT2D eigenvalue weighted by Crippen LogP contribution is 2.36. The smallest absolute Gasteiger partial charge is 0.271 e. The summed E-state index contributed by atoms with van der Waals surface area (Å²) >= 11 is 3.53. The zero-order valence-electron chi connectivity index (χ0n) is 19.5. The number of para-hydroxylation sites is 1. The molecule has 0 saturated heterocycles. The number of benzene rings is 2. The molecule has 1 aromatic heterocycles. The Bertz CT molecular complexity index is 1120. The molecule has 1 amide bonds. The fourth-order valence-corrected chi connectivity index (χ4v) is 3.80. The molecule has 3 aromatic rings. The van der Waals surface area contributed by atoms with Gasteiger partial charge in [0.15, 0.2) is 11.5 Å². The SMILES string of the molecule is CC[C@H](C)c1ccccc1OCCOc1c(Br)cc(/C=N\NC(=O)c2ccncc2)cc1OC. The summed E-state index contributed by atoms with van der Waals surface area (Å²) in [6.07, 6.45) is 5.68. The molecule has 0 unspecified atom stereocenters. The number of amides is 1. The quantitative estimate of drug-likeness (QED) is 0.200. The molecular weight excluding hydrogens is 498 g/mol. The van der Waals surface area contributed by atoms with Crippen LogP contribution in [0.1, 0.15) is 47.7 Å². The summed E-state index contributed by atoms with van der Waals surface area (Å²) in [7, 11) is 1.57. The fourth-order valence-electron chi connectivity index (χ4n) is 3.22. The van der Waals surface area contributed by atoms with Gasteiger partial charge < -0.3 is 14.2 Å². The molecule has 0 fully saturated rings. The third-order valence-electron chi connectivity index (χ3n) is 5.22. The van der Waals surface area contributed by atoms with Gasteiger partial charge in [-0.2, -0.15) is 5.10 Å². The first-order chi connectivity index (χ1) is 16.5. The summed E-state index contributed by atoms with van der Waals surface area (Å²) < 4.78 is 18.1. The van der Waals surface area contributed by atoms with Crippen LogP contribution in [-0.2, 0) is 0 Å². The lowest BCUT2D eigenvalue weighted by Crippen LogP contribution is -2.17. The Kier molecular flexibility index (Phi) is 9.46. The Labute approximate surface area is 208 Å². The van der Waals surface area contributed by atoms with Crippen molar-refractivity contribution in [1.82, 2.24) is 10.4 Å². The summed E-state index contributed by atoms with van der Waals surface area (Å²) in [6.45, 7) is 5.10. The van der Waals surface area contributed by atoms with E-state index in [1.54, 1.807) is 37.7 Å². The minimum atomic E-state index is -0.320. The summed E-state index contributed by atoms with van der Waals surface area (Å²) in [5.41, 5.74) is 4.89. The molecular formula is C26H28BrN3O4. The lowest BCUT2D eigenvalue weighted by atomic mass is 9.98. The van der Waals surface area contributed by atoms with Crippen molar-refractivity contribution >= 4 is 28.1 Å². The van der Waals surface area contributed by atoms with Gasteiger partial charge in [-0.25, -0.2) is 5.43 Å². The van der Waals surface area contributed by atoms with Crippen LogP contribution in [0.2, 0.25) is 0 Å². The standard InChI is InChI=1S/C26H28BrN3O4/c1-4-18(2)21-7-5-6-8-23(21)33-13-14-34-25-22(27)15-19(16-24(25)32-3)17-29-30-26(31)20-9-11-28-12-10-20/h5-12,15-18H,4,13-14H2,1-3H3,(H,30,31)/b29-17-/t18-/m0/s1. The van der Waals surface area contributed by atoms with Crippen molar-refractivity contribution in [1.29, 1.82) is 0 Å². The van der Waals surface area contributed by atoms with Gasteiger partial charge in [-0.05, 0) is 69.7 Å². The van der Waals surface area contributed by atoms with Crippen LogP contribution >= 0.6 is 15.9 Å². The van der Waals surface area contributed by atoms with Gasteiger partial charge in [-0.15, -0.1) is 0 Å². The van der Waals surface area contributed by atoms with Crippen LogP contribution in [0.3, 0.4) is 0 Å². The number of nitrogens with zero attached hydrogens (tertiary/aromatic N) is 2. The molecule has 0 aliphatic carbocycles. The van der Waals surface area contributed by atoms with Gasteiger partial charge in [0.05, 0.1) is 17.8 Å². The lowest BCUT2D eigenvalue weighted by molar-refractivity contribution is 0.0955. The Balaban J connectivity index is 1.59. The van der Waals surface area contributed by atoms with Crippen molar-refractivity contribution < 1.29 is 19.0 Å². The lowest BCUT2D eigenvalue weighted by Gasteiger charge is -2.17. The third kappa shape index (κ3) is 6.81. The van der Waals surface area contributed by atoms with Crippen LogP contribution in [0.25, 0.3) is 0 Å². The normalized spacial score (nSPS) is 11.8. The zero-order chi connectivity index (χ0) is 24.3. The highest BCUT2D eigenvalue weighted by Gasteiger charge is 2.13. The second-order valence-electron chi connectivity index (χ2n) is 7.51. The van der Waals surface area contributed by atoms with E-state index in [-0.39, 0.29) is 5.91 Å². The van der Waals surface area contributed by atoms with Crippen molar-refractivity contribution in [2.24, 2.45) is 5.10 Å². The molecule has 0 bridgehead atoms. The molecule has 8 heteroatoms. The number of carbonyl (C=O) groups excluding carboxylic acids is 1. The van der Waals surface area contributed by atoms with Crippen molar-refractivity contribution in [3.8, 4) is 17.2 Å². The molecule has 7 nitrogen and oxygen atoms in total. The largest absolute Gasteiger partial charge is 0.493 e. The van der Waals surface area contributed by atoms with Crippen LogP contribution in [-0.4, -0.2) is 37.4 Å². The van der Waals surface area contributed by atoms with Gasteiger partial charge >= 0.3 is 0 Å². The second kappa shape index (κ2) is 12.7. The fraction of sp³-hybridized carbons (Fsp3) is 0.269. The Morgan fingerprint density at radius 2 is 1.85 bits per heavy atom. The number of aromatic nitrogens is 1. The van der Waals surface area contributed by atoms with Gasteiger partial charge in [0.2, 0.25) is 0 Å². The van der Waals surface area contributed by atoms with Gasteiger partial charge in [-0.3, -0.25) is 9.78 Å². The maximum absolute atomic E-state index is 12.1. The molecule has 3 rings (SSSR count). The van der Waals surface area contributed by atoms with E-state index in [2.05, 4.69) is 51.4 Å². The molecule has 178 valence electrons. The Morgan fingerprint density at radius 3 is 2.59 bits per heavy atom. The van der Waals surface area contributed by atoms with Crippen LogP contribution < -0.4 is 19.6 Å². The maximum atomic E-state index is 12.1. The molecule has 0 radical (unpaired) electrons. The van der Waals surface area contributed by atoms with E-state index in [9.17, 15) is 4.79 Å². The maximum Gasteiger partial charge on any atom is 0.271 e. The van der Waals surface area contributed by atoms with Crippen LogP contribution in [0.15, 0.2) is 70.5 Å². The summed E-state index contributed by atoms with van der Waals surface area (Å²) in [5.74, 6) is 2.09. The molecule has 0 aliphatic rings. The van der Waals surface area contributed by atoms with Crippen LogP contribution in [0.5, 0.6) is 17.2 Å². The summed E-state index contributed by atoms with van der Waals surface area (Å²) in [6, 6.07) is 14.9. The molecule has 1 atom stereocenters. The first kappa shape index (κ1) is 25.2. The minimum absolute atomic E-state index is 0.320. The molecule has 1 N–H and O–H groups in total. The van der Waals surface area contributed by atoms with Crippen molar-refractivity contribution in [2.45, 2.75) is 26.2 Å². The Hall–Kier alpha value is -3.39. The number of rotatable bonds is 11. The van der Waals surface area contributed by atoms with Gasteiger partial charge in [0.25, 0.3) is 5.91 Å². The average molecular weight is 526 g/mol. The number of hydrogen-bond acceptors (Lipinski definition) is 6. The van der Waals surface area contributed by atoms with Crippen LogP contribution in [0, 0.1) is 0 Å². The minimum Gasteiger partial charge on any atom is -0.493 e. The van der Waals surface area contributed by atoms with Gasteiger partial charge in [0, 0.05) is 18.0 Å². The van der Waals surface area contributed by atoms with Gasteiger partial charge in [-0.1, -0.05) is 32.0 Å². The van der Waals surface area contributed by atoms with Crippen molar-refractivity contribution in [2.75, 3.05) is 20.3 Å². The van der Waals surface area contributed by atoms with E-state index >= 15 is 0 Å². The molecule has 34 heavy (non-hydrogen) atoms. The van der Waals surface area contributed by atoms with Gasteiger partial charge in [0.1, 0.15) is 19.0 Å². The first-order valence-corrected chi connectivity index (χ1v) is 11.8. The van der Waals surface area contributed by atoms with E-state index in [1.807, 2.05) is 24.3 Å². The highest BCUT2D eigenvalue weighted by molar-refractivity contribution is 9.10. The summed E-state index contributed by atoms with van der Waals surface area (Å²) in [5, 5.41) is 4.02. The van der Waals surface area contributed by atoms with E-state index < -0.39 is 0 Å². The predicted molar refractivity (Wildman–Crippen MR) is 136 cm³/mol. The predicted octanol–water partition coefficient (Wildman–Crippen LogP) is 5.59.